The number of rotatable bonds is 6. The molecule has 0 aromatic heterocycles. The van der Waals surface area contributed by atoms with Gasteiger partial charge in [-0.05, 0) is 18.2 Å². The van der Waals surface area contributed by atoms with Crippen molar-refractivity contribution in [1.82, 2.24) is 5.32 Å². The van der Waals surface area contributed by atoms with Crippen molar-refractivity contribution < 1.29 is 14.6 Å². The lowest BCUT2D eigenvalue weighted by molar-refractivity contribution is 0.0838. The van der Waals surface area contributed by atoms with E-state index >= 15 is 0 Å². The number of carbonyl (C=O) groups excluding carboxylic acids is 1. The average Bonchev–Trinajstić information content (AvgIpc) is 2.32. The van der Waals surface area contributed by atoms with Crippen molar-refractivity contribution in [3.63, 3.8) is 0 Å². The highest BCUT2D eigenvalue weighted by atomic mass is 16.5. The molecule has 1 aromatic carbocycles. The molecule has 0 aliphatic heterocycles. The Balaban J connectivity index is 2.39. The number of benzene rings is 1. The van der Waals surface area contributed by atoms with Gasteiger partial charge in [0.1, 0.15) is 0 Å². The smallest absolute Gasteiger partial charge is 0.251 e. The summed E-state index contributed by atoms with van der Waals surface area (Å²) in [6.07, 6.45) is 0. The first kappa shape index (κ1) is 13.3. The van der Waals surface area contributed by atoms with Crippen LogP contribution in [0.5, 0.6) is 0 Å². The summed E-state index contributed by atoms with van der Waals surface area (Å²) in [5.41, 5.74) is 12.4. The van der Waals surface area contributed by atoms with E-state index in [1.165, 1.54) is 6.07 Å². The topological polar surface area (TPSA) is 111 Å². The van der Waals surface area contributed by atoms with E-state index in [9.17, 15) is 4.79 Å². The highest BCUT2D eigenvalue weighted by Gasteiger charge is 2.06. The molecule has 0 saturated carbocycles. The van der Waals surface area contributed by atoms with Gasteiger partial charge in [-0.2, -0.15) is 0 Å². The number of ether oxygens (including phenoxy) is 1. The van der Waals surface area contributed by atoms with Crippen molar-refractivity contribution in [1.29, 1.82) is 0 Å². The Kier molecular flexibility index (Phi) is 5.25. The molecule has 6 nitrogen and oxygen atoms in total. The molecular weight excluding hydrogens is 222 g/mol. The van der Waals surface area contributed by atoms with Crippen LogP contribution in [0.15, 0.2) is 18.2 Å². The highest BCUT2D eigenvalue weighted by Crippen LogP contribution is 2.15. The molecule has 0 heterocycles. The second-order valence-electron chi connectivity index (χ2n) is 3.44. The lowest BCUT2D eigenvalue weighted by Gasteiger charge is -2.07. The van der Waals surface area contributed by atoms with Crippen molar-refractivity contribution in [2.45, 2.75) is 0 Å². The van der Waals surface area contributed by atoms with Crippen molar-refractivity contribution in [2.24, 2.45) is 0 Å². The number of hydrogen-bond acceptors (Lipinski definition) is 5. The van der Waals surface area contributed by atoms with Crippen LogP contribution >= 0.6 is 0 Å². The molecule has 6 N–H and O–H groups in total. The number of carbonyl (C=O) groups is 1. The van der Waals surface area contributed by atoms with Gasteiger partial charge in [-0.25, -0.2) is 0 Å². The van der Waals surface area contributed by atoms with E-state index < -0.39 is 0 Å². The Bertz CT molecular complexity index is 382. The minimum Gasteiger partial charge on any atom is -0.397 e. The Morgan fingerprint density at radius 2 is 2.06 bits per heavy atom. The molecule has 94 valence electrons. The number of nitrogens with two attached hydrogens (primary N) is 2. The monoisotopic (exact) mass is 239 g/mol. The molecule has 1 amide bonds. The third-order valence-corrected chi connectivity index (χ3v) is 2.12. The van der Waals surface area contributed by atoms with Crippen LogP contribution in [0.3, 0.4) is 0 Å². The van der Waals surface area contributed by atoms with Crippen LogP contribution < -0.4 is 16.8 Å². The number of hydrogen-bond donors (Lipinski definition) is 4. The molecule has 17 heavy (non-hydrogen) atoms. The van der Waals surface area contributed by atoms with Crippen LogP contribution in [-0.4, -0.2) is 37.4 Å². The molecule has 0 radical (unpaired) electrons. The maximum absolute atomic E-state index is 11.6. The molecule has 0 aliphatic carbocycles. The predicted octanol–water partition coefficient (Wildman–Crippen LogP) is -0.410. The average molecular weight is 239 g/mol. The summed E-state index contributed by atoms with van der Waals surface area (Å²) < 4.78 is 5.00. The minimum absolute atomic E-state index is 0.0254. The van der Waals surface area contributed by atoms with Gasteiger partial charge in [0.2, 0.25) is 0 Å². The van der Waals surface area contributed by atoms with E-state index in [1.54, 1.807) is 12.1 Å². The lowest BCUT2D eigenvalue weighted by atomic mass is 10.1. The fourth-order valence-corrected chi connectivity index (χ4v) is 1.22. The third kappa shape index (κ3) is 4.29. The number of aliphatic hydroxyl groups is 1. The summed E-state index contributed by atoms with van der Waals surface area (Å²) in [6, 6.07) is 4.72. The molecule has 0 aliphatic rings. The number of amides is 1. The van der Waals surface area contributed by atoms with E-state index in [1.807, 2.05) is 0 Å². The summed E-state index contributed by atoms with van der Waals surface area (Å²) in [4.78, 5) is 11.6. The van der Waals surface area contributed by atoms with Crippen molar-refractivity contribution in [3.05, 3.63) is 23.8 Å². The Hall–Kier alpha value is -1.79. The molecule has 0 unspecified atom stereocenters. The summed E-state index contributed by atoms with van der Waals surface area (Å²) in [5.74, 6) is -0.232. The fourth-order valence-electron chi connectivity index (χ4n) is 1.22. The first-order chi connectivity index (χ1) is 8.15. The first-order valence-corrected chi connectivity index (χ1v) is 5.27. The molecule has 6 heteroatoms. The molecule has 0 spiro atoms. The largest absolute Gasteiger partial charge is 0.397 e. The van der Waals surface area contributed by atoms with Crippen LogP contribution in [-0.2, 0) is 4.74 Å². The van der Waals surface area contributed by atoms with Gasteiger partial charge in [-0.1, -0.05) is 0 Å². The predicted molar refractivity (Wildman–Crippen MR) is 65.5 cm³/mol. The number of aliphatic hydroxyl groups excluding tert-OH is 1. The fraction of sp³-hybridized carbons (Fsp3) is 0.364. The standard InChI is InChI=1S/C11H17N3O3/c12-9-2-1-8(7-10(9)13)11(16)14-3-5-17-6-4-15/h1-2,7,15H,3-6,12-13H2,(H,14,16). The molecule has 0 fully saturated rings. The van der Waals surface area contributed by atoms with Crippen LogP contribution in [0.1, 0.15) is 10.4 Å². The summed E-state index contributed by atoms with van der Waals surface area (Å²) in [7, 11) is 0. The van der Waals surface area contributed by atoms with Crippen LogP contribution in [0.25, 0.3) is 0 Å². The molecule has 1 aromatic rings. The van der Waals surface area contributed by atoms with Crippen molar-refractivity contribution in [2.75, 3.05) is 37.8 Å². The number of nitrogens with one attached hydrogen (secondary N) is 1. The van der Waals surface area contributed by atoms with Crippen molar-refractivity contribution >= 4 is 17.3 Å². The third-order valence-electron chi connectivity index (χ3n) is 2.12. The second kappa shape index (κ2) is 6.72. The number of nitrogen functional groups attached to an aromatic ring is 2. The van der Waals surface area contributed by atoms with E-state index in [-0.39, 0.29) is 19.1 Å². The van der Waals surface area contributed by atoms with Gasteiger partial charge in [0.25, 0.3) is 5.91 Å². The Morgan fingerprint density at radius 1 is 1.29 bits per heavy atom. The zero-order chi connectivity index (χ0) is 12.7. The van der Waals surface area contributed by atoms with E-state index in [4.69, 9.17) is 21.3 Å². The zero-order valence-corrected chi connectivity index (χ0v) is 9.48. The molecule has 0 saturated heterocycles. The van der Waals surface area contributed by atoms with Crippen LogP contribution in [0.2, 0.25) is 0 Å². The lowest BCUT2D eigenvalue weighted by Crippen LogP contribution is -2.27. The van der Waals surface area contributed by atoms with Crippen LogP contribution in [0, 0.1) is 0 Å². The first-order valence-electron chi connectivity index (χ1n) is 5.27. The van der Waals surface area contributed by atoms with Gasteiger partial charge < -0.3 is 26.6 Å². The minimum atomic E-state index is -0.232. The second-order valence-corrected chi connectivity index (χ2v) is 3.44. The van der Waals surface area contributed by atoms with Gasteiger partial charge in [0, 0.05) is 12.1 Å². The van der Waals surface area contributed by atoms with E-state index in [0.29, 0.717) is 30.1 Å². The van der Waals surface area contributed by atoms with Crippen molar-refractivity contribution in [3.8, 4) is 0 Å². The molecule has 0 bridgehead atoms. The maximum atomic E-state index is 11.6. The zero-order valence-electron chi connectivity index (χ0n) is 9.48. The summed E-state index contributed by atoms with van der Waals surface area (Å²) in [6.45, 7) is 0.979. The summed E-state index contributed by atoms with van der Waals surface area (Å²) >= 11 is 0. The Labute approximate surface area is 99.6 Å². The highest BCUT2D eigenvalue weighted by molar-refractivity contribution is 5.95. The summed E-state index contributed by atoms with van der Waals surface area (Å²) in [5, 5.41) is 11.1. The van der Waals surface area contributed by atoms with Crippen LogP contribution in [0.4, 0.5) is 11.4 Å². The molecule has 0 atom stereocenters. The van der Waals surface area contributed by atoms with Gasteiger partial charge in [0.15, 0.2) is 0 Å². The molecule has 1 rings (SSSR count). The quantitative estimate of drug-likeness (QED) is 0.398. The maximum Gasteiger partial charge on any atom is 0.251 e. The number of anilines is 2. The Morgan fingerprint density at radius 3 is 2.71 bits per heavy atom. The van der Waals surface area contributed by atoms with E-state index in [2.05, 4.69) is 5.32 Å². The van der Waals surface area contributed by atoms with Gasteiger partial charge in [0.05, 0.1) is 31.2 Å². The van der Waals surface area contributed by atoms with Gasteiger partial charge in [-0.3, -0.25) is 4.79 Å². The SMILES string of the molecule is Nc1ccc(C(=O)NCCOCCO)cc1N. The molecular formula is C11H17N3O3. The van der Waals surface area contributed by atoms with Gasteiger partial charge in [-0.15, -0.1) is 0 Å². The van der Waals surface area contributed by atoms with Gasteiger partial charge >= 0.3 is 0 Å². The van der Waals surface area contributed by atoms with E-state index in [0.717, 1.165) is 0 Å². The normalized spacial score (nSPS) is 10.2.